The lowest BCUT2D eigenvalue weighted by Crippen LogP contribution is -2.34. The first-order chi connectivity index (χ1) is 14.5. The number of carbonyl (C=O) groups excluding carboxylic acids is 2. The number of amides is 2. The first kappa shape index (κ1) is 19.6. The lowest BCUT2D eigenvalue weighted by Gasteiger charge is -2.15. The van der Waals surface area contributed by atoms with E-state index >= 15 is 0 Å². The third kappa shape index (κ3) is 4.03. The fraction of sp³-hybridized carbons (Fsp3) is 0.154. The topological polar surface area (TPSA) is 49.4 Å². The molecule has 4 nitrogen and oxygen atoms in total. The molecular weight excluding hydrogens is 372 g/mol. The van der Waals surface area contributed by atoms with Crippen molar-refractivity contribution < 1.29 is 9.59 Å². The van der Waals surface area contributed by atoms with Gasteiger partial charge < -0.3 is 5.32 Å². The number of benzene rings is 3. The summed E-state index contributed by atoms with van der Waals surface area (Å²) >= 11 is 0. The van der Waals surface area contributed by atoms with Crippen LogP contribution in [0.2, 0.25) is 0 Å². The molecule has 0 atom stereocenters. The van der Waals surface area contributed by atoms with Gasteiger partial charge in [0.1, 0.15) is 5.70 Å². The molecule has 150 valence electrons. The summed E-state index contributed by atoms with van der Waals surface area (Å²) in [4.78, 5) is 27.9. The van der Waals surface area contributed by atoms with E-state index < -0.39 is 0 Å². The number of nitrogens with zero attached hydrogens (tertiary/aromatic N) is 1. The number of rotatable bonds is 6. The average Bonchev–Trinajstić information content (AvgIpc) is 2.99. The zero-order valence-corrected chi connectivity index (χ0v) is 17.2. The minimum absolute atomic E-state index is 0.255. The summed E-state index contributed by atoms with van der Waals surface area (Å²) in [6.45, 7) is 4.35. The van der Waals surface area contributed by atoms with Gasteiger partial charge in [0.2, 0.25) is 0 Å². The van der Waals surface area contributed by atoms with Crippen molar-refractivity contribution in [3.8, 4) is 0 Å². The summed E-state index contributed by atoms with van der Waals surface area (Å²) in [5, 5.41) is 3.21. The van der Waals surface area contributed by atoms with Gasteiger partial charge in [0.05, 0.1) is 5.57 Å². The predicted octanol–water partition coefficient (Wildman–Crippen LogP) is 4.74. The van der Waals surface area contributed by atoms with Gasteiger partial charge in [-0.15, -0.1) is 0 Å². The molecule has 1 aliphatic rings. The van der Waals surface area contributed by atoms with Crippen LogP contribution in [0.25, 0.3) is 5.57 Å². The standard InChI is InChI=1S/C26H24N2O2/c1-18-8-12-21(13-9-18)23-24(27-22-14-10-19(2)11-15-22)26(30)28(25(23)29)17-16-20-6-4-3-5-7-20/h3-15,27H,16-17H2,1-2H3. The smallest absolute Gasteiger partial charge is 0.278 e. The Hall–Kier alpha value is -3.66. The van der Waals surface area contributed by atoms with Crippen LogP contribution in [0.15, 0.2) is 84.6 Å². The van der Waals surface area contributed by atoms with Crippen LogP contribution in [-0.2, 0) is 16.0 Å². The van der Waals surface area contributed by atoms with E-state index in [0.29, 0.717) is 24.2 Å². The molecule has 1 N–H and O–H groups in total. The van der Waals surface area contributed by atoms with E-state index in [1.807, 2.05) is 92.7 Å². The Morgan fingerprint density at radius 1 is 0.733 bits per heavy atom. The molecule has 0 radical (unpaired) electrons. The molecule has 0 aliphatic carbocycles. The second-order valence-corrected chi connectivity index (χ2v) is 7.60. The van der Waals surface area contributed by atoms with Gasteiger partial charge in [0, 0.05) is 12.2 Å². The van der Waals surface area contributed by atoms with Gasteiger partial charge in [0.25, 0.3) is 11.8 Å². The van der Waals surface area contributed by atoms with Crippen molar-refractivity contribution in [1.82, 2.24) is 4.90 Å². The summed E-state index contributed by atoms with van der Waals surface area (Å²) in [7, 11) is 0. The van der Waals surface area contributed by atoms with Crippen molar-refractivity contribution in [2.45, 2.75) is 20.3 Å². The van der Waals surface area contributed by atoms with Crippen LogP contribution in [-0.4, -0.2) is 23.3 Å². The molecule has 3 aromatic rings. The number of hydrogen-bond acceptors (Lipinski definition) is 3. The lowest BCUT2D eigenvalue weighted by atomic mass is 10.0. The molecule has 4 rings (SSSR count). The third-order valence-electron chi connectivity index (χ3n) is 5.30. The van der Waals surface area contributed by atoms with E-state index in [-0.39, 0.29) is 11.8 Å². The van der Waals surface area contributed by atoms with Crippen molar-refractivity contribution in [1.29, 1.82) is 0 Å². The maximum atomic E-state index is 13.3. The fourth-order valence-electron chi connectivity index (χ4n) is 3.55. The molecule has 0 aromatic heterocycles. The van der Waals surface area contributed by atoms with Gasteiger partial charge in [-0.1, -0.05) is 77.9 Å². The molecular formula is C26H24N2O2. The summed E-state index contributed by atoms with van der Waals surface area (Å²) in [5.41, 5.74) is 5.61. The summed E-state index contributed by atoms with van der Waals surface area (Å²) < 4.78 is 0. The molecule has 4 heteroatoms. The molecule has 0 bridgehead atoms. The highest BCUT2D eigenvalue weighted by atomic mass is 16.2. The number of aryl methyl sites for hydroxylation is 2. The van der Waals surface area contributed by atoms with Gasteiger partial charge in [-0.05, 0) is 43.5 Å². The number of nitrogens with one attached hydrogen (secondary N) is 1. The van der Waals surface area contributed by atoms with Crippen molar-refractivity contribution in [3.05, 3.63) is 107 Å². The van der Waals surface area contributed by atoms with Crippen molar-refractivity contribution in [2.75, 3.05) is 11.9 Å². The first-order valence-electron chi connectivity index (χ1n) is 10.1. The largest absolute Gasteiger partial charge is 0.350 e. The maximum Gasteiger partial charge on any atom is 0.278 e. The van der Waals surface area contributed by atoms with Crippen LogP contribution in [0.1, 0.15) is 22.3 Å². The monoisotopic (exact) mass is 396 g/mol. The molecule has 30 heavy (non-hydrogen) atoms. The minimum atomic E-state index is -0.285. The average molecular weight is 396 g/mol. The normalized spacial score (nSPS) is 13.9. The molecule has 3 aromatic carbocycles. The van der Waals surface area contributed by atoms with Crippen molar-refractivity contribution in [3.63, 3.8) is 0 Å². The molecule has 1 aliphatic heterocycles. The number of anilines is 1. The zero-order chi connectivity index (χ0) is 21.1. The van der Waals surface area contributed by atoms with E-state index in [1.54, 1.807) is 0 Å². The van der Waals surface area contributed by atoms with Crippen LogP contribution < -0.4 is 5.32 Å². The fourth-order valence-corrected chi connectivity index (χ4v) is 3.55. The SMILES string of the molecule is Cc1ccc(NC2=C(c3ccc(C)cc3)C(=O)N(CCc3ccccc3)C2=O)cc1. The quantitative estimate of drug-likeness (QED) is 0.613. The third-order valence-corrected chi connectivity index (χ3v) is 5.30. The summed E-state index contributed by atoms with van der Waals surface area (Å²) in [5.74, 6) is -0.540. The lowest BCUT2D eigenvalue weighted by molar-refractivity contribution is -0.136. The van der Waals surface area contributed by atoms with E-state index in [2.05, 4.69) is 5.32 Å². The van der Waals surface area contributed by atoms with Crippen molar-refractivity contribution in [2.24, 2.45) is 0 Å². The predicted molar refractivity (Wildman–Crippen MR) is 120 cm³/mol. The molecule has 0 saturated heterocycles. The first-order valence-corrected chi connectivity index (χ1v) is 10.1. The van der Waals surface area contributed by atoms with Gasteiger partial charge >= 0.3 is 0 Å². The molecule has 0 unspecified atom stereocenters. The van der Waals surface area contributed by atoms with E-state index in [9.17, 15) is 9.59 Å². The van der Waals surface area contributed by atoms with Crippen LogP contribution in [0, 0.1) is 13.8 Å². The Morgan fingerprint density at radius 3 is 1.97 bits per heavy atom. The Labute approximate surface area is 176 Å². The van der Waals surface area contributed by atoms with Gasteiger partial charge in [-0.2, -0.15) is 0 Å². The second kappa shape index (κ2) is 8.37. The highest BCUT2D eigenvalue weighted by Gasteiger charge is 2.38. The van der Waals surface area contributed by atoms with Gasteiger partial charge in [-0.25, -0.2) is 0 Å². The van der Waals surface area contributed by atoms with Gasteiger partial charge in [-0.3, -0.25) is 14.5 Å². The van der Waals surface area contributed by atoms with Crippen LogP contribution >= 0.6 is 0 Å². The van der Waals surface area contributed by atoms with Crippen LogP contribution in [0.3, 0.4) is 0 Å². The number of imide groups is 1. The summed E-state index contributed by atoms with van der Waals surface area (Å²) in [6.07, 6.45) is 0.622. The van der Waals surface area contributed by atoms with Crippen LogP contribution in [0.4, 0.5) is 5.69 Å². The molecule has 2 amide bonds. The summed E-state index contributed by atoms with van der Waals surface area (Å²) in [6, 6.07) is 25.4. The number of hydrogen-bond donors (Lipinski definition) is 1. The maximum absolute atomic E-state index is 13.3. The molecule has 1 heterocycles. The van der Waals surface area contributed by atoms with E-state index in [1.165, 1.54) is 4.90 Å². The molecule has 0 spiro atoms. The number of carbonyl (C=O) groups is 2. The Kier molecular flexibility index (Phi) is 5.48. The Morgan fingerprint density at radius 2 is 1.33 bits per heavy atom. The van der Waals surface area contributed by atoms with Gasteiger partial charge in [0.15, 0.2) is 0 Å². The zero-order valence-electron chi connectivity index (χ0n) is 17.2. The van der Waals surface area contributed by atoms with E-state index in [4.69, 9.17) is 0 Å². The highest BCUT2D eigenvalue weighted by Crippen LogP contribution is 2.31. The van der Waals surface area contributed by atoms with E-state index in [0.717, 1.165) is 27.9 Å². The minimum Gasteiger partial charge on any atom is -0.350 e. The molecule has 0 fully saturated rings. The highest BCUT2D eigenvalue weighted by molar-refractivity contribution is 6.36. The second-order valence-electron chi connectivity index (χ2n) is 7.60. The molecule has 0 saturated carbocycles. The Bertz CT molecular complexity index is 1100. The van der Waals surface area contributed by atoms with Crippen LogP contribution in [0.5, 0.6) is 0 Å². The Balaban J connectivity index is 1.66. The van der Waals surface area contributed by atoms with Crippen molar-refractivity contribution >= 4 is 23.1 Å².